The summed E-state index contributed by atoms with van der Waals surface area (Å²) in [6.07, 6.45) is 1.60. The minimum absolute atomic E-state index is 0.137. The predicted octanol–water partition coefficient (Wildman–Crippen LogP) is 2.85. The first kappa shape index (κ1) is 15.6. The van der Waals surface area contributed by atoms with E-state index in [0.717, 1.165) is 5.56 Å². The fourth-order valence-corrected chi connectivity index (χ4v) is 2.33. The summed E-state index contributed by atoms with van der Waals surface area (Å²) >= 11 is 0. The molecule has 0 unspecified atom stereocenters. The van der Waals surface area contributed by atoms with Gasteiger partial charge in [-0.15, -0.1) is 0 Å². The van der Waals surface area contributed by atoms with Crippen LogP contribution in [0, 0.1) is 0 Å². The molecule has 2 aromatic carbocycles. The Hall–Kier alpha value is -3.28. The molecule has 2 aromatic rings. The van der Waals surface area contributed by atoms with Crippen LogP contribution in [0.2, 0.25) is 0 Å². The number of rotatable bonds is 3. The van der Waals surface area contributed by atoms with E-state index >= 15 is 0 Å². The molecule has 1 aliphatic rings. The zero-order valence-electron chi connectivity index (χ0n) is 13.2. The Kier molecular flexibility index (Phi) is 4.20. The summed E-state index contributed by atoms with van der Waals surface area (Å²) in [7, 11) is 2.85. The van der Waals surface area contributed by atoms with Gasteiger partial charge in [0.2, 0.25) is 0 Å². The third-order valence-electron chi connectivity index (χ3n) is 3.52. The molecule has 6 heteroatoms. The largest absolute Gasteiger partial charge is 0.496 e. The van der Waals surface area contributed by atoms with Gasteiger partial charge < -0.3 is 19.5 Å². The second kappa shape index (κ2) is 6.45. The van der Waals surface area contributed by atoms with Crippen molar-refractivity contribution in [2.45, 2.75) is 0 Å². The van der Waals surface area contributed by atoms with Gasteiger partial charge in [0.05, 0.1) is 25.5 Å². The number of nitrogens with one attached hydrogen (secondary N) is 1. The maximum absolute atomic E-state index is 12.3. The molecule has 0 atom stereocenters. The number of amides is 1. The Morgan fingerprint density at radius 1 is 1.17 bits per heavy atom. The average Bonchev–Trinajstić information content (AvgIpc) is 2.61. The quantitative estimate of drug-likeness (QED) is 0.694. The summed E-state index contributed by atoms with van der Waals surface area (Å²) < 4.78 is 15.6. The minimum atomic E-state index is -0.484. The Labute approximate surface area is 138 Å². The van der Waals surface area contributed by atoms with Gasteiger partial charge in [-0.1, -0.05) is 18.2 Å². The molecule has 0 fully saturated rings. The van der Waals surface area contributed by atoms with Crippen molar-refractivity contribution in [3.05, 3.63) is 59.4 Å². The number of ether oxygens (including phenoxy) is 3. The van der Waals surface area contributed by atoms with Crippen molar-refractivity contribution in [1.29, 1.82) is 0 Å². The number of benzene rings is 2. The molecule has 0 saturated heterocycles. The molecule has 0 spiro atoms. The fraction of sp³-hybridized carbons (Fsp3) is 0.111. The first-order chi connectivity index (χ1) is 11.6. The van der Waals surface area contributed by atoms with Gasteiger partial charge in [0.25, 0.3) is 5.91 Å². The van der Waals surface area contributed by atoms with Crippen molar-refractivity contribution < 1.29 is 23.8 Å². The van der Waals surface area contributed by atoms with E-state index in [1.54, 1.807) is 31.4 Å². The van der Waals surface area contributed by atoms with E-state index in [9.17, 15) is 9.59 Å². The SMILES string of the molecule is COC(=O)c1ccc2c(c1)NC(=O)/C(=C\c1ccccc1OC)O2. The number of anilines is 1. The van der Waals surface area contributed by atoms with Crippen LogP contribution in [-0.4, -0.2) is 26.1 Å². The third-order valence-corrected chi connectivity index (χ3v) is 3.52. The highest BCUT2D eigenvalue weighted by atomic mass is 16.5. The highest BCUT2D eigenvalue weighted by molar-refractivity contribution is 6.09. The Balaban J connectivity index is 1.94. The van der Waals surface area contributed by atoms with Crippen LogP contribution in [0.1, 0.15) is 15.9 Å². The normalized spacial score (nSPS) is 14.4. The molecule has 1 amide bonds. The van der Waals surface area contributed by atoms with Gasteiger partial charge in [-0.25, -0.2) is 4.79 Å². The van der Waals surface area contributed by atoms with E-state index < -0.39 is 11.9 Å². The molecule has 122 valence electrons. The molecule has 0 radical (unpaired) electrons. The number of esters is 1. The topological polar surface area (TPSA) is 73.9 Å². The number of hydrogen-bond donors (Lipinski definition) is 1. The molecule has 1 heterocycles. The minimum Gasteiger partial charge on any atom is -0.496 e. The van der Waals surface area contributed by atoms with Crippen molar-refractivity contribution in [1.82, 2.24) is 0 Å². The number of carbonyl (C=O) groups excluding carboxylic acids is 2. The molecule has 3 rings (SSSR count). The number of carbonyl (C=O) groups is 2. The van der Waals surface area contributed by atoms with Crippen molar-refractivity contribution in [2.75, 3.05) is 19.5 Å². The van der Waals surface area contributed by atoms with E-state index in [1.165, 1.54) is 13.2 Å². The Morgan fingerprint density at radius 3 is 2.71 bits per heavy atom. The van der Waals surface area contributed by atoms with Gasteiger partial charge in [-0.05, 0) is 30.3 Å². The van der Waals surface area contributed by atoms with Crippen LogP contribution in [0.3, 0.4) is 0 Å². The summed E-state index contributed by atoms with van der Waals surface area (Å²) in [4.78, 5) is 23.8. The van der Waals surface area contributed by atoms with Gasteiger partial charge in [0, 0.05) is 5.56 Å². The van der Waals surface area contributed by atoms with E-state index in [-0.39, 0.29) is 5.76 Å². The lowest BCUT2D eigenvalue weighted by Crippen LogP contribution is -2.23. The van der Waals surface area contributed by atoms with Gasteiger partial charge in [-0.2, -0.15) is 0 Å². The average molecular weight is 325 g/mol. The number of methoxy groups -OCH3 is 2. The van der Waals surface area contributed by atoms with Crippen LogP contribution < -0.4 is 14.8 Å². The first-order valence-electron chi connectivity index (χ1n) is 7.18. The zero-order chi connectivity index (χ0) is 17.1. The molecule has 0 bridgehead atoms. The summed E-state index contributed by atoms with van der Waals surface area (Å²) in [5, 5.41) is 2.71. The van der Waals surface area contributed by atoms with E-state index in [4.69, 9.17) is 9.47 Å². The van der Waals surface area contributed by atoms with Crippen LogP contribution >= 0.6 is 0 Å². The van der Waals surface area contributed by atoms with Gasteiger partial charge in [0.1, 0.15) is 5.75 Å². The second-order valence-electron chi connectivity index (χ2n) is 5.01. The predicted molar refractivity (Wildman–Crippen MR) is 88.0 cm³/mol. The van der Waals surface area contributed by atoms with Crippen LogP contribution in [0.4, 0.5) is 5.69 Å². The summed E-state index contributed by atoms with van der Waals surface area (Å²) in [6.45, 7) is 0. The second-order valence-corrected chi connectivity index (χ2v) is 5.01. The lowest BCUT2D eigenvalue weighted by molar-refractivity contribution is -0.115. The lowest BCUT2D eigenvalue weighted by Gasteiger charge is -2.20. The number of fused-ring (bicyclic) bond motifs is 1. The Bertz CT molecular complexity index is 841. The Morgan fingerprint density at radius 2 is 1.96 bits per heavy atom. The molecule has 0 saturated carbocycles. The maximum atomic E-state index is 12.3. The molecule has 24 heavy (non-hydrogen) atoms. The molecule has 1 N–H and O–H groups in total. The van der Waals surface area contributed by atoms with Crippen LogP contribution in [0.15, 0.2) is 48.2 Å². The third kappa shape index (κ3) is 2.94. The first-order valence-corrected chi connectivity index (χ1v) is 7.18. The van der Waals surface area contributed by atoms with Crippen molar-refractivity contribution in [3.63, 3.8) is 0 Å². The molecule has 6 nitrogen and oxygen atoms in total. The monoisotopic (exact) mass is 325 g/mol. The summed E-state index contributed by atoms with van der Waals surface area (Å²) in [5.74, 6) is 0.326. The number of para-hydroxylation sites is 1. The number of hydrogen-bond acceptors (Lipinski definition) is 5. The highest BCUT2D eigenvalue weighted by Gasteiger charge is 2.23. The molecule has 0 aliphatic carbocycles. The fourth-order valence-electron chi connectivity index (χ4n) is 2.33. The van der Waals surface area contributed by atoms with Crippen molar-refractivity contribution in [3.8, 4) is 11.5 Å². The highest BCUT2D eigenvalue weighted by Crippen LogP contribution is 2.33. The van der Waals surface area contributed by atoms with Crippen molar-refractivity contribution in [2.24, 2.45) is 0 Å². The standard InChI is InChI=1S/C18H15NO5/c1-22-14-6-4-3-5-11(14)10-16-17(20)19-13-9-12(18(21)23-2)7-8-15(13)24-16/h3-10H,1-2H3,(H,19,20)/b16-10+. The van der Waals surface area contributed by atoms with Crippen molar-refractivity contribution >= 4 is 23.6 Å². The van der Waals surface area contributed by atoms with E-state index in [1.807, 2.05) is 18.2 Å². The zero-order valence-corrected chi connectivity index (χ0v) is 13.2. The van der Waals surface area contributed by atoms with Gasteiger partial charge in [-0.3, -0.25) is 4.79 Å². The summed E-state index contributed by atoms with van der Waals surface area (Å²) in [5.41, 5.74) is 1.47. The van der Waals surface area contributed by atoms with Crippen LogP contribution in [-0.2, 0) is 9.53 Å². The molecule has 0 aromatic heterocycles. The van der Waals surface area contributed by atoms with E-state index in [2.05, 4.69) is 10.1 Å². The molecular weight excluding hydrogens is 310 g/mol. The lowest BCUT2D eigenvalue weighted by atomic mass is 10.1. The molecular formula is C18H15NO5. The van der Waals surface area contributed by atoms with Gasteiger partial charge >= 0.3 is 5.97 Å². The summed E-state index contributed by atoms with van der Waals surface area (Å²) in [6, 6.07) is 12.0. The van der Waals surface area contributed by atoms with Gasteiger partial charge in [0.15, 0.2) is 11.5 Å². The smallest absolute Gasteiger partial charge is 0.337 e. The van der Waals surface area contributed by atoms with Crippen LogP contribution in [0.25, 0.3) is 6.08 Å². The maximum Gasteiger partial charge on any atom is 0.337 e. The van der Waals surface area contributed by atoms with E-state index in [0.29, 0.717) is 22.7 Å². The van der Waals surface area contributed by atoms with Crippen LogP contribution in [0.5, 0.6) is 11.5 Å². The molecule has 1 aliphatic heterocycles.